The van der Waals surface area contributed by atoms with Crippen LogP contribution >= 0.6 is 0 Å². The molecule has 2 heterocycles. The number of hydrogen-bond acceptors (Lipinski definition) is 5. The zero-order chi connectivity index (χ0) is 22.4. The second-order valence-electron chi connectivity index (χ2n) is 7.45. The fourth-order valence-corrected chi connectivity index (χ4v) is 4.00. The predicted octanol–water partition coefficient (Wildman–Crippen LogP) is 2.00. The molecule has 0 bridgehead atoms. The first-order valence-electron chi connectivity index (χ1n) is 9.42. The number of hydrogen-bond donors (Lipinski definition) is 3. The van der Waals surface area contributed by atoms with Crippen LogP contribution in [0.5, 0.6) is 0 Å². The summed E-state index contributed by atoms with van der Waals surface area (Å²) in [6.07, 6.45) is 1.34. The first-order valence-corrected chi connectivity index (χ1v) is 9.42. The van der Waals surface area contributed by atoms with E-state index in [0.29, 0.717) is 12.5 Å². The van der Waals surface area contributed by atoms with Gasteiger partial charge >= 0.3 is 5.97 Å². The highest BCUT2D eigenvalue weighted by Gasteiger charge is 2.32. The van der Waals surface area contributed by atoms with Crippen molar-refractivity contribution in [3.8, 4) is 5.69 Å². The number of rotatable bonds is 4. The van der Waals surface area contributed by atoms with E-state index in [4.69, 9.17) is 5.73 Å². The fourth-order valence-electron chi connectivity index (χ4n) is 4.00. The van der Waals surface area contributed by atoms with E-state index in [-0.39, 0.29) is 41.5 Å². The molecule has 2 aromatic carbocycles. The molecule has 4 N–H and O–H groups in total. The molecule has 31 heavy (non-hydrogen) atoms. The Morgan fingerprint density at radius 3 is 2.48 bits per heavy atom. The summed E-state index contributed by atoms with van der Waals surface area (Å²) in [6.45, 7) is -0.0292. The van der Waals surface area contributed by atoms with Gasteiger partial charge in [-0.1, -0.05) is 0 Å². The van der Waals surface area contributed by atoms with Crippen molar-refractivity contribution in [2.24, 2.45) is 5.73 Å². The Kier molecular flexibility index (Phi) is 5.19. The van der Waals surface area contributed by atoms with Crippen LogP contribution in [0.15, 0.2) is 41.3 Å². The van der Waals surface area contributed by atoms with Crippen LogP contribution in [-0.2, 0) is 0 Å². The smallest absolute Gasteiger partial charge is 0.341 e. The Morgan fingerprint density at radius 2 is 1.84 bits per heavy atom. The van der Waals surface area contributed by atoms with Gasteiger partial charge in [0.05, 0.1) is 29.5 Å². The number of aliphatic hydroxyl groups is 1. The maximum atomic E-state index is 15.0. The first kappa shape index (κ1) is 20.9. The van der Waals surface area contributed by atoms with Gasteiger partial charge in [0.15, 0.2) is 0 Å². The minimum atomic E-state index is -1.57. The maximum Gasteiger partial charge on any atom is 0.341 e. The molecule has 10 heteroatoms. The van der Waals surface area contributed by atoms with E-state index < -0.39 is 40.5 Å². The number of halogens is 3. The third-order valence-corrected chi connectivity index (χ3v) is 5.44. The van der Waals surface area contributed by atoms with Crippen LogP contribution in [0.4, 0.5) is 18.9 Å². The summed E-state index contributed by atoms with van der Waals surface area (Å²) in [5.41, 5.74) is 4.14. The zero-order valence-electron chi connectivity index (χ0n) is 16.1. The van der Waals surface area contributed by atoms with Gasteiger partial charge < -0.3 is 25.4 Å². The lowest BCUT2D eigenvalue weighted by Crippen LogP contribution is -2.33. The molecule has 162 valence electrons. The molecule has 7 nitrogen and oxygen atoms in total. The van der Waals surface area contributed by atoms with Gasteiger partial charge in [0.25, 0.3) is 0 Å². The summed E-state index contributed by atoms with van der Waals surface area (Å²) >= 11 is 0. The number of aliphatic hydroxyl groups excluding tert-OH is 1. The second-order valence-corrected chi connectivity index (χ2v) is 7.45. The van der Waals surface area contributed by atoms with Gasteiger partial charge in [-0.05, 0) is 30.7 Å². The molecule has 0 radical (unpaired) electrons. The lowest BCUT2D eigenvalue weighted by Gasteiger charge is -2.26. The van der Waals surface area contributed by atoms with Crippen molar-refractivity contribution in [3.05, 3.63) is 69.8 Å². The van der Waals surface area contributed by atoms with Crippen molar-refractivity contribution in [2.45, 2.75) is 18.5 Å². The summed E-state index contributed by atoms with van der Waals surface area (Å²) in [4.78, 5) is 25.8. The highest BCUT2D eigenvalue weighted by molar-refractivity contribution is 5.94. The van der Waals surface area contributed by atoms with Crippen molar-refractivity contribution >= 4 is 22.6 Å². The number of aromatic carboxylic acids is 1. The zero-order valence-corrected chi connectivity index (χ0v) is 16.1. The molecule has 1 unspecified atom stereocenters. The van der Waals surface area contributed by atoms with Crippen molar-refractivity contribution in [1.82, 2.24) is 4.57 Å². The van der Waals surface area contributed by atoms with E-state index in [9.17, 15) is 28.6 Å². The number of nitrogens with two attached hydrogens (primary N) is 1. The van der Waals surface area contributed by atoms with Gasteiger partial charge in [-0.15, -0.1) is 0 Å². The standard InChI is InChI=1S/C21H18F3N3O4/c22-10-1-2-17(15(23)3-10)27-8-14(21(30)31)20(29)13-5-16(24)19(6-18(13)27)26-7-11(25)4-12(26)9-28/h1-3,5-6,8,11-12,28H,4,7,9,25H2,(H,30,31)/t11-,12?/m0/s1. The van der Waals surface area contributed by atoms with Gasteiger partial charge in [-0.2, -0.15) is 0 Å². The van der Waals surface area contributed by atoms with E-state index in [2.05, 4.69) is 0 Å². The monoisotopic (exact) mass is 433 g/mol. The number of carbonyl (C=O) groups is 1. The van der Waals surface area contributed by atoms with Gasteiger partial charge in [-0.25, -0.2) is 18.0 Å². The first-order chi connectivity index (χ1) is 14.7. The third-order valence-electron chi connectivity index (χ3n) is 5.44. The highest BCUT2D eigenvalue weighted by Crippen LogP contribution is 2.32. The highest BCUT2D eigenvalue weighted by atomic mass is 19.1. The van der Waals surface area contributed by atoms with E-state index in [1.54, 1.807) is 4.90 Å². The Balaban J connectivity index is 2.04. The molecule has 0 spiro atoms. The van der Waals surface area contributed by atoms with Crippen LogP contribution in [-0.4, -0.2) is 46.0 Å². The molecular weight excluding hydrogens is 415 g/mol. The Morgan fingerprint density at radius 1 is 1.13 bits per heavy atom. The van der Waals surface area contributed by atoms with E-state index in [1.165, 1.54) is 6.07 Å². The molecule has 0 amide bonds. The molecule has 1 saturated heterocycles. The quantitative estimate of drug-likeness (QED) is 0.581. The summed E-state index contributed by atoms with van der Waals surface area (Å²) in [7, 11) is 0. The van der Waals surface area contributed by atoms with Crippen molar-refractivity contribution in [2.75, 3.05) is 18.1 Å². The van der Waals surface area contributed by atoms with E-state index in [0.717, 1.165) is 29.0 Å². The minimum Gasteiger partial charge on any atom is -0.477 e. The van der Waals surface area contributed by atoms with Crippen LogP contribution in [0.3, 0.4) is 0 Å². The molecule has 1 aliphatic rings. The maximum absolute atomic E-state index is 15.0. The SMILES string of the molecule is N[C@H]1CC(CO)N(c2cc3c(cc2F)c(=O)c(C(=O)O)cn3-c2ccc(F)cc2F)C1. The minimum absolute atomic E-state index is 0.0223. The average Bonchev–Trinajstić information content (AvgIpc) is 3.09. The van der Waals surface area contributed by atoms with Crippen molar-refractivity contribution in [1.29, 1.82) is 0 Å². The number of benzene rings is 2. The number of pyridine rings is 1. The predicted molar refractivity (Wildman–Crippen MR) is 107 cm³/mol. The van der Waals surface area contributed by atoms with Gasteiger partial charge in [0, 0.05) is 30.2 Å². The van der Waals surface area contributed by atoms with Gasteiger partial charge in [-0.3, -0.25) is 4.79 Å². The molecule has 0 aliphatic carbocycles. The second kappa shape index (κ2) is 7.71. The van der Waals surface area contributed by atoms with Crippen LogP contribution in [0.1, 0.15) is 16.8 Å². The Bertz CT molecular complexity index is 1260. The summed E-state index contributed by atoms with van der Waals surface area (Å²) in [6, 6.07) is 4.09. The largest absolute Gasteiger partial charge is 0.477 e. The fraction of sp³-hybridized carbons (Fsp3) is 0.238. The number of fused-ring (bicyclic) bond motifs is 1. The molecule has 0 saturated carbocycles. The lowest BCUT2D eigenvalue weighted by molar-refractivity contribution is 0.0695. The number of carboxylic acids is 1. The number of aromatic nitrogens is 1. The molecule has 2 atom stereocenters. The summed E-state index contributed by atoms with van der Waals surface area (Å²) in [5.74, 6) is -4.22. The molecule has 1 aliphatic heterocycles. The molecule has 1 aromatic heterocycles. The Labute approximate surface area is 173 Å². The topological polar surface area (TPSA) is 109 Å². The summed E-state index contributed by atoms with van der Waals surface area (Å²) < 4.78 is 44.0. The van der Waals surface area contributed by atoms with Gasteiger partial charge in [0.1, 0.15) is 23.0 Å². The lowest BCUT2D eigenvalue weighted by atomic mass is 10.1. The van der Waals surface area contributed by atoms with Crippen LogP contribution in [0.25, 0.3) is 16.6 Å². The van der Waals surface area contributed by atoms with Crippen LogP contribution < -0.4 is 16.1 Å². The van der Waals surface area contributed by atoms with E-state index in [1.807, 2.05) is 0 Å². The number of anilines is 1. The summed E-state index contributed by atoms with van der Waals surface area (Å²) in [5, 5.41) is 18.7. The molecular formula is C21H18F3N3O4. The van der Waals surface area contributed by atoms with Crippen LogP contribution in [0, 0.1) is 17.5 Å². The van der Waals surface area contributed by atoms with E-state index >= 15 is 4.39 Å². The molecule has 3 aromatic rings. The van der Waals surface area contributed by atoms with Crippen molar-refractivity contribution in [3.63, 3.8) is 0 Å². The molecule has 4 rings (SSSR count). The molecule has 1 fully saturated rings. The third kappa shape index (κ3) is 3.53. The Hall–Kier alpha value is -3.37. The van der Waals surface area contributed by atoms with Crippen molar-refractivity contribution < 1.29 is 28.2 Å². The van der Waals surface area contributed by atoms with Crippen LogP contribution in [0.2, 0.25) is 0 Å². The van der Waals surface area contributed by atoms with Gasteiger partial charge in [0.2, 0.25) is 5.43 Å². The average molecular weight is 433 g/mol. The number of carboxylic acid groups (broad SMARTS) is 1. The normalized spacial score (nSPS) is 18.7. The number of nitrogens with zero attached hydrogens (tertiary/aromatic N) is 2.